The number of benzene rings is 6. The Morgan fingerprint density at radius 2 is 0.725 bits per heavy atom. The second-order valence-corrected chi connectivity index (χ2v) is 11.1. The third-order valence-electron chi connectivity index (χ3n) is 7.59. The van der Waals surface area contributed by atoms with Crippen LogP contribution in [0.1, 0.15) is 32.6 Å². The molecule has 0 fully saturated rings. The molecular formula is C44H30O7. The first-order valence-electron chi connectivity index (χ1n) is 16.0. The van der Waals surface area contributed by atoms with Gasteiger partial charge in [0.2, 0.25) is 5.75 Å². The second kappa shape index (κ2) is 16.3. The van der Waals surface area contributed by atoms with E-state index in [4.69, 9.17) is 14.2 Å². The van der Waals surface area contributed by atoms with Crippen LogP contribution in [0.4, 0.5) is 0 Å². The number of ketones is 1. The Labute approximate surface area is 294 Å². The molecule has 6 rings (SSSR count). The molecule has 0 saturated carbocycles. The van der Waals surface area contributed by atoms with Crippen molar-refractivity contribution in [3.05, 3.63) is 192 Å². The van der Waals surface area contributed by atoms with E-state index >= 15 is 0 Å². The van der Waals surface area contributed by atoms with Crippen LogP contribution in [0.5, 0.6) is 17.2 Å². The summed E-state index contributed by atoms with van der Waals surface area (Å²) in [5.41, 5.74) is 2.43. The summed E-state index contributed by atoms with van der Waals surface area (Å²) in [6.45, 7) is 0. The molecule has 248 valence electrons. The molecule has 0 bridgehead atoms. The van der Waals surface area contributed by atoms with Crippen LogP contribution >= 0.6 is 0 Å². The molecular weight excluding hydrogens is 640 g/mol. The van der Waals surface area contributed by atoms with Crippen molar-refractivity contribution >= 4 is 52.7 Å². The Morgan fingerprint density at radius 1 is 0.373 bits per heavy atom. The number of carbonyl (C=O) groups is 4. The molecule has 51 heavy (non-hydrogen) atoms. The van der Waals surface area contributed by atoms with Crippen LogP contribution in [0.15, 0.2) is 164 Å². The lowest BCUT2D eigenvalue weighted by Gasteiger charge is -2.19. The van der Waals surface area contributed by atoms with Crippen molar-refractivity contribution in [1.29, 1.82) is 0 Å². The van der Waals surface area contributed by atoms with E-state index in [0.717, 1.165) is 16.7 Å². The number of hydrogen-bond acceptors (Lipinski definition) is 7. The standard InChI is InChI=1S/C44H30O7/c45-37(28-25-31-15-5-1-6-16-31)49-42-36-24-14-13-23-35(36)40(41(48)34-21-11-4-12-22-34)43(50-38(46)29-26-32-17-7-2-8-18-32)44(42)51-39(47)30-27-33-19-9-3-10-20-33/h1-30H. The van der Waals surface area contributed by atoms with Crippen LogP contribution in [0.2, 0.25) is 0 Å². The van der Waals surface area contributed by atoms with Gasteiger partial charge < -0.3 is 14.2 Å². The summed E-state index contributed by atoms with van der Waals surface area (Å²) in [4.78, 5) is 54.6. The Balaban J connectivity index is 1.52. The van der Waals surface area contributed by atoms with E-state index < -0.39 is 29.4 Å². The monoisotopic (exact) mass is 670 g/mol. The van der Waals surface area contributed by atoms with Crippen molar-refractivity contribution in [2.45, 2.75) is 0 Å². The van der Waals surface area contributed by atoms with Gasteiger partial charge in [0, 0.05) is 34.6 Å². The fourth-order valence-electron chi connectivity index (χ4n) is 5.20. The fourth-order valence-corrected chi connectivity index (χ4v) is 5.20. The molecule has 0 atom stereocenters. The first-order valence-corrected chi connectivity index (χ1v) is 16.0. The minimum atomic E-state index is -0.874. The van der Waals surface area contributed by atoms with Crippen molar-refractivity contribution in [2.24, 2.45) is 0 Å². The van der Waals surface area contributed by atoms with E-state index in [-0.39, 0.29) is 28.0 Å². The molecule has 6 aromatic carbocycles. The molecule has 0 spiro atoms. The van der Waals surface area contributed by atoms with Gasteiger partial charge >= 0.3 is 17.9 Å². The normalized spacial score (nSPS) is 11.2. The van der Waals surface area contributed by atoms with E-state index in [1.54, 1.807) is 97.1 Å². The average Bonchev–Trinajstić information content (AvgIpc) is 3.18. The summed E-state index contributed by atoms with van der Waals surface area (Å²) >= 11 is 0. The fraction of sp³-hybridized carbons (Fsp3) is 0. The third kappa shape index (κ3) is 8.68. The zero-order valence-electron chi connectivity index (χ0n) is 27.2. The van der Waals surface area contributed by atoms with Gasteiger partial charge in [-0.05, 0) is 34.9 Å². The zero-order chi connectivity index (χ0) is 35.4. The van der Waals surface area contributed by atoms with E-state index in [1.807, 2.05) is 66.7 Å². The first-order chi connectivity index (χ1) is 25.0. The van der Waals surface area contributed by atoms with Crippen molar-refractivity contribution in [3.63, 3.8) is 0 Å². The number of rotatable bonds is 11. The highest BCUT2D eigenvalue weighted by molar-refractivity contribution is 6.21. The van der Waals surface area contributed by atoms with Crippen LogP contribution < -0.4 is 14.2 Å². The first kappa shape index (κ1) is 33.8. The van der Waals surface area contributed by atoms with Gasteiger partial charge in [-0.1, -0.05) is 146 Å². The number of ether oxygens (including phenoxy) is 3. The van der Waals surface area contributed by atoms with Crippen molar-refractivity contribution in [1.82, 2.24) is 0 Å². The quantitative estimate of drug-likeness (QED) is 0.0588. The topological polar surface area (TPSA) is 96.0 Å². The molecule has 0 amide bonds. The Kier molecular flexibility index (Phi) is 10.8. The minimum absolute atomic E-state index is 0.0623. The summed E-state index contributed by atoms with van der Waals surface area (Å²) in [6.07, 6.45) is 8.26. The van der Waals surface area contributed by atoms with Gasteiger partial charge in [0.1, 0.15) is 0 Å². The van der Waals surface area contributed by atoms with Gasteiger partial charge in [0.25, 0.3) is 0 Å². The molecule has 0 aliphatic rings. The highest BCUT2D eigenvalue weighted by Gasteiger charge is 2.31. The second-order valence-electron chi connectivity index (χ2n) is 11.1. The predicted octanol–water partition coefficient (Wildman–Crippen LogP) is 8.93. The summed E-state index contributed by atoms with van der Waals surface area (Å²) in [5.74, 6) is -4.07. The molecule has 0 saturated heterocycles. The van der Waals surface area contributed by atoms with Gasteiger partial charge in [0.05, 0.1) is 5.56 Å². The highest BCUT2D eigenvalue weighted by atomic mass is 16.6. The third-order valence-corrected chi connectivity index (χ3v) is 7.59. The van der Waals surface area contributed by atoms with Crippen molar-refractivity contribution in [2.75, 3.05) is 0 Å². The van der Waals surface area contributed by atoms with Crippen LogP contribution in [-0.2, 0) is 14.4 Å². The predicted molar refractivity (Wildman–Crippen MR) is 197 cm³/mol. The van der Waals surface area contributed by atoms with Gasteiger partial charge in [-0.15, -0.1) is 0 Å². The van der Waals surface area contributed by atoms with E-state index in [1.165, 1.54) is 18.2 Å². The summed E-state index contributed by atoms with van der Waals surface area (Å²) < 4.78 is 17.7. The lowest BCUT2D eigenvalue weighted by Crippen LogP contribution is -2.16. The number of fused-ring (bicyclic) bond motifs is 1. The van der Waals surface area contributed by atoms with Crippen LogP contribution in [0.25, 0.3) is 29.0 Å². The maximum Gasteiger partial charge on any atom is 0.336 e. The highest BCUT2D eigenvalue weighted by Crippen LogP contribution is 2.48. The summed E-state index contributed by atoms with van der Waals surface area (Å²) in [7, 11) is 0. The van der Waals surface area contributed by atoms with E-state index in [0.29, 0.717) is 5.39 Å². The molecule has 7 nitrogen and oxygen atoms in total. The van der Waals surface area contributed by atoms with Crippen molar-refractivity contribution in [3.8, 4) is 17.2 Å². The van der Waals surface area contributed by atoms with Gasteiger partial charge in [0.15, 0.2) is 17.3 Å². The lowest BCUT2D eigenvalue weighted by atomic mass is 9.94. The number of hydrogen-bond donors (Lipinski definition) is 0. The molecule has 0 unspecified atom stereocenters. The molecule has 0 aromatic heterocycles. The molecule has 0 aliphatic heterocycles. The minimum Gasteiger partial charge on any atom is -0.419 e. The van der Waals surface area contributed by atoms with Crippen LogP contribution in [0, 0.1) is 0 Å². The molecule has 7 heteroatoms. The van der Waals surface area contributed by atoms with Crippen LogP contribution in [-0.4, -0.2) is 23.7 Å². The Bertz CT molecular complexity index is 2270. The van der Waals surface area contributed by atoms with E-state index in [2.05, 4.69) is 0 Å². The van der Waals surface area contributed by atoms with Crippen LogP contribution in [0.3, 0.4) is 0 Å². The Morgan fingerprint density at radius 3 is 1.18 bits per heavy atom. The summed E-state index contributed by atoms with van der Waals surface area (Å²) in [6, 6.07) is 42.4. The largest absolute Gasteiger partial charge is 0.419 e. The average molecular weight is 671 g/mol. The Hall–Kier alpha value is -7.12. The molecule has 0 N–H and O–H groups in total. The summed E-state index contributed by atoms with van der Waals surface area (Å²) in [5, 5.41) is 0.573. The number of esters is 3. The number of carbonyl (C=O) groups excluding carboxylic acids is 4. The molecule has 0 aliphatic carbocycles. The van der Waals surface area contributed by atoms with E-state index in [9.17, 15) is 19.2 Å². The molecule has 0 heterocycles. The van der Waals surface area contributed by atoms with Gasteiger partial charge in [-0.2, -0.15) is 0 Å². The molecule has 0 radical (unpaired) electrons. The molecule has 6 aromatic rings. The lowest BCUT2D eigenvalue weighted by molar-refractivity contribution is -0.132. The van der Waals surface area contributed by atoms with Gasteiger partial charge in [-0.3, -0.25) is 4.79 Å². The maximum absolute atomic E-state index is 14.3. The maximum atomic E-state index is 14.3. The zero-order valence-corrected chi connectivity index (χ0v) is 27.2. The van der Waals surface area contributed by atoms with Gasteiger partial charge in [-0.25, -0.2) is 14.4 Å². The van der Waals surface area contributed by atoms with Crippen molar-refractivity contribution < 1.29 is 33.4 Å². The smallest absolute Gasteiger partial charge is 0.336 e. The SMILES string of the molecule is O=C(C=Cc1ccccc1)Oc1c(OC(=O)C=Cc2ccccc2)c(C(=O)c2ccccc2)c2ccccc2c1OC(=O)C=Cc1ccccc1.